The maximum atomic E-state index is 12.7. The van der Waals surface area contributed by atoms with Gasteiger partial charge in [0.2, 0.25) is 5.88 Å². The topological polar surface area (TPSA) is 101 Å². The molecule has 3 aromatic rings. The third-order valence-electron chi connectivity index (χ3n) is 4.18. The summed E-state index contributed by atoms with van der Waals surface area (Å²) < 4.78 is 17.3. The first kappa shape index (κ1) is 18.7. The Balaban J connectivity index is 2.32. The lowest BCUT2D eigenvalue weighted by atomic mass is 10.1. The largest absolute Gasteiger partial charge is 0.480 e. The van der Waals surface area contributed by atoms with Crippen molar-refractivity contribution in [1.29, 1.82) is 0 Å². The molecule has 0 saturated carbocycles. The lowest BCUT2D eigenvalue weighted by Crippen LogP contribution is -2.29. The van der Waals surface area contributed by atoms with Crippen LogP contribution >= 0.6 is 0 Å². The van der Waals surface area contributed by atoms with Gasteiger partial charge in [-0.1, -0.05) is 0 Å². The molecule has 0 spiro atoms. The van der Waals surface area contributed by atoms with Crippen LogP contribution in [0.3, 0.4) is 0 Å². The highest BCUT2D eigenvalue weighted by Crippen LogP contribution is 2.31. The summed E-state index contributed by atoms with van der Waals surface area (Å²) in [6.45, 7) is 3.99. The second-order valence-corrected chi connectivity index (χ2v) is 5.98. The van der Waals surface area contributed by atoms with E-state index in [0.717, 1.165) is 0 Å². The van der Waals surface area contributed by atoms with Crippen LogP contribution in [0.25, 0.3) is 22.3 Å². The second-order valence-electron chi connectivity index (χ2n) is 5.98. The molecule has 0 bridgehead atoms. The van der Waals surface area contributed by atoms with E-state index < -0.39 is 0 Å². The molecule has 0 fully saturated rings. The fourth-order valence-electron chi connectivity index (χ4n) is 2.97. The molecule has 3 rings (SSSR count). The van der Waals surface area contributed by atoms with Gasteiger partial charge in [-0.2, -0.15) is 4.98 Å². The molecule has 142 valence electrons. The molecule has 0 aliphatic rings. The van der Waals surface area contributed by atoms with Crippen LogP contribution in [0.2, 0.25) is 0 Å². The normalized spacial score (nSPS) is 12.2. The molecule has 1 atom stereocenters. The van der Waals surface area contributed by atoms with Gasteiger partial charge in [-0.3, -0.25) is 14.3 Å². The van der Waals surface area contributed by atoms with Gasteiger partial charge in [0.05, 0.1) is 37.9 Å². The van der Waals surface area contributed by atoms with E-state index in [1.54, 1.807) is 37.1 Å². The first-order valence-corrected chi connectivity index (χ1v) is 8.34. The smallest absolute Gasteiger partial charge is 0.319 e. The van der Waals surface area contributed by atoms with E-state index in [2.05, 4.69) is 19.9 Å². The quantitative estimate of drug-likeness (QED) is 0.646. The molecule has 0 aliphatic carbocycles. The van der Waals surface area contributed by atoms with Gasteiger partial charge in [-0.15, -0.1) is 0 Å². The first-order chi connectivity index (χ1) is 13.0. The molecular formula is C18H21N5O4. The zero-order valence-electron chi connectivity index (χ0n) is 15.9. The Bertz CT molecular complexity index is 1030. The summed E-state index contributed by atoms with van der Waals surface area (Å²) in [6.07, 6.45) is 3.19. The maximum absolute atomic E-state index is 12.7. The first-order valence-electron chi connectivity index (χ1n) is 8.34. The molecule has 0 unspecified atom stereocenters. The summed E-state index contributed by atoms with van der Waals surface area (Å²) in [5.74, 6) is 0.309. The van der Waals surface area contributed by atoms with E-state index in [-0.39, 0.29) is 17.6 Å². The minimum absolute atomic E-state index is 0.165. The predicted molar refractivity (Wildman–Crippen MR) is 99.3 cm³/mol. The lowest BCUT2D eigenvalue weighted by molar-refractivity contribution is 0.162. The average molecular weight is 371 g/mol. The molecule has 27 heavy (non-hydrogen) atoms. The Labute approximate surface area is 156 Å². The van der Waals surface area contributed by atoms with Crippen molar-refractivity contribution in [2.45, 2.75) is 19.9 Å². The Morgan fingerprint density at radius 2 is 1.93 bits per heavy atom. The molecule has 0 aromatic carbocycles. The van der Waals surface area contributed by atoms with E-state index in [9.17, 15) is 4.79 Å². The second kappa shape index (κ2) is 7.67. The summed E-state index contributed by atoms with van der Waals surface area (Å²) >= 11 is 0. The number of rotatable bonds is 6. The zero-order valence-corrected chi connectivity index (χ0v) is 15.9. The van der Waals surface area contributed by atoms with Crippen molar-refractivity contribution in [3.05, 3.63) is 34.5 Å². The van der Waals surface area contributed by atoms with E-state index in [1.165, 1.54) is 14.2 Å². The molecule has 9 nitrogen and oxygen atoms in total. The van der Waals surface area contributed by atoms with Crippen LogP contribution in [0.15, 0.2) is 23.3 Å². The summed E-state index contributed by atoms with van der Waals surface area (Å²) in [5.41, 5.74) is 2.49. The van der Waals surface area contributed by atoms with Gasteiger partial charge >= 0.3 is 6.01 Å². The molecule has 0 radical (unpaired) electrons. The highest BCUT2D eigenvalue weighted by molar-refractivity contribution is 5.90. The van der Waals surface area contributed by atoms with Crippen molar-refractivity contribution in [2.24, 2.45) is 0 Å². The number of hydrogen-bond donors (Lipinski definition) is 0. The molecule has 0 saturated heterocycles. The summed E-state index contributed by atoms with van der Waals surface area (Å²) in [4.78, 5) is 30.0. The van der Waals surface area contributed by atoms with Crippen molar-refractivity contribution in [2.75, 3.05) is 27.9 Å². The summed E-state index contributed by atoms with van der Waals surface area (Å²) in [6, 6.07) is 1.77. The van der Waals surface area contributed by atoms with E-state index in [0.29, 0.717) is 40.5 Å². The molecule has 0 N–H and O–H groups in total. The van der Waals surface area contributed by atoms with E-state index in [4.69, 9.17) is 14.2 Å². The standard InChI is InChI=1S/C18H21N5O4/c1-10(9-25-3)23-13-6-7-19-14(15(13)21-11(2)17(23)24)12-8-20-18(27-5)22-16(12)26-4/h6-8,10H,9H2,1-5H3/t10-/m1/s1. The van der Waals surface area contributed by atoms with Gasteiger partial charge < -0.3 is 14.2 Å². The Hall–Kier alpha value is -3.07. The van der Waals surface area contributed by atoms with Crippen molar-refractivity contribution < 1.29 is 14.2 Å². The highest BCUT2D eigenvalue weighted by atomic mass is 16.5. The van der Waals surface area contributed by atoms with Crippen molar-refractivity contribution >= 4 is 11.0 Å². The minimum atomic E-state index is -0.170. The fourth-order valence-corrected chi connectivity index (χ4v) is 2.97. The van der Waals surface area contributed by atoms with E-state index >= 15 is 0 Å². The van der Waals surface area contributed by atoms with Gasteiger partial charge in [-0.25, -0.2) is 9.97 Å². The molecule has 3 aromatic heterocycles. The Morgan fingerprint density at radius 3 is 2.59 bits per heavy atom. The Morgan fingerprint density at radius 1 is 1.15 bits per heavy atom. The van der Waals surface area contributed by atoms with Crippen molar-refractivity contribution in [1.82, 2.24) is 24.5 Å². The maximum Gasteiger partial charge on any atom is 0.319 e. The summed E-state index contributed by atoms with van der Waals surface area (Å²) in [5, 5.41) is 0. The number of pyridine rings is 1. The number of aromatic nitrogens is 5. The van der Waals surface area contributed by atoms with Crippen LogP contribution in [0, 0.1) is 6.92 Å². The number of hydrogen-bond acceptors (Lipinski definition) is 8. The van der Waals surface area contributed by atoms with Crippen LogP contribution < -0.4 is 15.0 Å². The monoisotopic (exact) mass is 371 g/mol. The van der Waals surface area contributed by atoms with E-state index in [1.807, 2.05) is 6.92 Å². The minimum Gasteiger partial charge on any atom is -0.480 e. The van der Waals surface area contributed by atoms with Crippen LogP contribution in [-0.4, -0.2) is 52.4 Å². The molecule has 3 heterocycles. The highest BCUT2D eigenvalue weighted by Gasteiger charge is 2.20. The van der Waals surface area contributed by atoms with Crippen molar-refractivity contribution in [3.8, 4) is 23.1 Å². The number of fused-ring (bicyclic) bond motifs is 1. The molecule has 0 amide bonds. The third kappa shape index (κ3) is 3.33. The van der Waals surface area contributed by atoms with Crippen LogP contribution in [0.4, 0.5) is 0 Å². The third-order valence-corrected chi connectivity index (χ3v) is 4.18. The molecule has 9 heteroatoms. The zero-order chi connectivity index (χ0) is 19.6. The molecular weight excluding hydrogens is 350 g/mol. The average Bonchev–Trinajstić information content (AvgIpc) is 2.68. The Kier molecular flexibility index (Phi) is 5.31. The van der Waals surface area contributed by atoms with Gasteiger partial charge in [-0.05, 0) is 19.9 Å². The van der Waals surface area contributed by atoms with Gasteiger partial charge in [0.15, 0.2) is 0 Å². The number of methoxy groups -OCH3 is 3. The van der Waals surface area contributed by atoms with Crippen LogP contribution in [-0.2, 0) is 4.74 Å². The van der Waals surface area contributed by atoms with Gasteiger partial charge in [0, 0.05) is 19.5 Å². The lowest BCUT2D eigenvalue weighted by Gasteiger charge is -2.18. The van der Waals surface area contributed by atoms with Crippen molar-refractivity contribution in [3.63, 3.8) is 0 Å². The summed E-state index contributed by atoms with van der Waals surface area (Å²) in [7, 11) is 4.58. The van der Waals surface area contributed by atoms with Gasteiger partial charge in [0.1, 0.15) is 16.9 Å². The number of nitrogens with zero attached hydrogens (tertiary/aromatic N) is 5. The molecule has 0 aliphatic heterocycles. The SMILES string of the molecule is COC[C@@H](C)n1c(=O)c(C)nc2c(-c3cnc(OC)nc3OC)nccc21. The number of aryl methyl sites for hydroxylation is 1. The fraction of sp³-hybridized carbons (Fsp3) is 0.389. The van der Waals surface area contributed by atoms with Crippen LogP contribution in [0.1, 0.15) is 18.7 Å². The number of ether oxygens (including phenoxy) is 3. The van der Waals surface area contributed by atoms with Crippen LogP contribution in [0.5, 0.6) is 11.9 Å². The van der Waals surface area contributed by atoms with Gasteiger partial charge in [0.25, 0.3) is 5.56 Å². The predicted octanol–water partition coefficient (Wildman–Crippen LogP) is 1.78.